The van der Waals surface area contributed by atoms with Crippen LogP contribution in [0.25, 0.3) is 0 Å². The molecule has 1 aromatic carbocycles. The van der Waals surface area contributed by atoms with Crippen LogP contribution in [0.1, 0.15) is 40.5 Å². The lowest BCUT2D eigenvalue weighted by Gasteiger charge is -2.30. The molecular formula is C21H26N4O2. The molecule has 6 nitrogen and oxygen atoms in total. The number of nitrogens with zero attached hydrogens (tertiary/aromatic N) is 3. The molecule has 1 fully saturated rings. The highest BCUT2D eigenvalue weighted by Gasteiger charge is 2.22. The Labute approximate surface area is 160 Å². The summed E-state index contributed by atoms with van der Waals surface area (Å²) in [5, 5.41) is 2.85. The Morgan fingerprint density at radius 3 is 2.33 bits per heavy atom. The van der Waals surface area contributed by atoms with E-state index in [1.165, 1.54) is 12.4 Å². The lowest BCUT2D eigenvalue weighted by Crippen LogP contribution is -2.38. The van der Waals surface area contributed by atoms with Crippen molar-refractivity contribution in [1.82, 2.24) is 9.88 Å². The van der Waals surface area contributed by atoms with Crippen molar-refractivity contribution in [2.45, 2.75) is 19.8 Å². The van der Waals surface area contributed by atoms with Crippen LogP contribution in [-0.4, -0.2) is 48.9 Å². The van der Waals surface area contributed by atoms with Gasteiger partial charge >= 0.3 is 0 Å². The van der Waals surface area contributed by atoms with E-state index in [-0.39, 0.29) is 11.8 Å². The van der Waals surface area contributed by atoms with E-state index in [0.29, 0.717) is 22.7 Å². The smallest absolute Gasteiger partial charge is 0.257 e. The van der Waals surface area contributed by atoms with Crippen LogP contribution in [-0.2, 0) is 0 Å². The number of benzene rings is 1. The molecule has 142 valence electrons. The first-order valence-electron chi connectivity index (χ1n) is 9.27. The summed E-state index contributed by atoms with van der Waals surface area (Å²) in [4.78, 5) is 33.2. The van der Waals surface area contributed by atoms with E-state index in [4.69, 9.17) is 0 Å². The van der Waals surface area contributed by atoms with Gasteiger partial charge in [0.05, 0.1) is 11.1 Å². The highest BCUT2D eigenvalue weighted by Crippen LogP contribution is 2.19. The highest BCUT2D eigenvalue weighted by atomic mass is 16.2. The van der Waals surface area contributed by atoms with Gasteiger partial charge in [-0.05, 0) is 49.1 Å². The fourth-order valence-electron chi connectivity index (χ4n) is 3.12. The zero-order valence-electron chi connectivity index (χ0n) is 16.1. The van der Waals surface area contributed by atoms with Crippen molar-refractivity contribution in [2.24, 2.45) is 5.92 Å². The maximum absolute atomic E-state index is 12.7. The third-order valence-corrected chi connectivity index (χ3v) is 4.96. The zero-order valence-corrected chi connectivity index (χ0v) is 16.1. The molecule has 1 aliphatic rings. The number of hydrogen-bond donors (Lipinski definition) is 1. The Balaban J connectivity index is 1.69. The molecule has 0 saturated carbocycles. The minimum Gasteiger partial charge on any atom is -0.378 e. The van der Waals surface area contributed by atoms with Gasteiger partial charge < -0.3 is 15.1 Å². The summed E-state index contributed by atoms with van der Waals surface area (Å²) in [5.41, 5.74) is 2.59. The average Bonchev–Trinajstić information content (AvgIpc) is 2.68. The van der Waals surface area contributed by atoms with Crippen LogP contribution >= 0.6 is 0 Å². The Hall–Kier alpha value is -2.89. The van der Waals surface area contributed by atoms with Crippen LogP contribution < -0.4 is 10.2 Å². The minimum absolute atomic E-state index is 0.0561. The van der Waals surface area contributed by atoms with Crippen molar-refractivity contribution in [1.29, 1.82) is 0 Å². The molecule has 0 radical (unpaired) electrons. The van der Waals surface area contributed by atoms with Gasteiger partial charge in [0.1, 0.15) is 0 Å². The van der Waals surface area contributed by atoms with E-state index in [0.717, 1.165) is 31.6 Å². The van der Waals surface area contributed by atoms with Crippen LogP contribution in [0.4, 0.5) is 11.4 Å². The van der Waals surface area contributed by atoms with E-state index in [1.54, 1.807) is 6.07 Å². The third-order valence-electron chi connectivity index (χ3n) is 4.96. The summed E-state index contributed by atoms with van der Waals surface area (Å²) < 4.78 is 0. The molecule has 3 rings (SSSR count). The van der Waals surface area contributed by atoms with E-state index >= 15 is 0 Å². The molecule has 0 unspecified atom stereocenters. The molecule has 2 heterocycles. The molecule has 1 N–H and O–H groups in total. The van der Waals surface area contributed by atoms with Gasteiger partial charge in [0.2, 0.25) is 0 Å². The highest BCUT2D eigenvalue weighted by molar-refractivity contribution is 6.05. The van der Waals surface area contributed by atoms with Gasteiger partial charge in [-0.25, -0.2) is 0 Å². The molecule has 1 aromatic heterocycles. The quantitative estimate of drug-likeness (QED) is 0.902. The van der Waals surface area contributed by atoms with E-state index in [1.807, 2.05) is 48.2 Å². The minimum atomic E-state index is -0.276. The van der Waals surface area contributed by atoms with Gasteiger partial charge in [-0.1, -0.05) is 6.92 Å². The first kappa shape index (κ1) is 18.9. The molecule has 0 spiro atoms. The third kappa shape index (κ3) is 4.64. The normalized spacial score (nSPS) is 14.7. The summed E-state index contributed by atoms with van der Waals surface area (Å²) in [7, 11) is 3.93. The van der Waals surface area contributed by atoms with Gasteiger partial charge in [0.15, 0.2) is 0 Å². The topological polar surface area (TPSA) is 65.5 Å². The summed E-state index contributed by atoms with van der Waals surface area (Å²) in [5.74, 6) is 0.324. The van der Waals surface area contributed by atoms with Crippen LogP contribution in [0.5, 0.6) is 0 Å². The number of pyridine rings is 1. The Morgan fingerprint density at radius 1 is 1.07 bits per heavy atom. The van der Waals surface area contributed by atoms with Crippen LogP contribution in [0.15, 0.2) is 42.7 Å². The Morgan fingerprint density at radius 2 is 1.70 bits per heavy atom. The number of nitrogens with one attached hydrogen (secondary N) is 1. The summed E-state index contributed by atoms with van der Waals surface area (Å²) in [6.07, 6.45) is 5.05. The molecule has 2 amide bonds. The lowest BCUT2D eigenvalue weighted by atomic mass is 9.98. The molecular weight excluding hydrogens is 340 g/mol. The SMILES string of the molecule is CC1CCN(C(=O)c2cncc(C(=O)Nc3ccc(N(C)C)cc3)c2)CC1. The molecule has 2 aromatic rings. The van der Waals surface area contributed by atoms with Gasteiger partial charge in [-0.2, -0.15) is 0 Å². The molecule has 1 saturated heterocycles. The van der Waals surface area contributed by atoms with Crippen molar-refractivity contribution in [3.8, 4) is 0 Å². The van der Waals surface area contributed by atoms with E-state index in [2.05, 4.69) is 17.2 Å². The van der Waals surface area contributed by atoms with Crippen molar-refractivity contribution in [3.63, 3.8) is 0 Å². The standard InChI is InChI=1S/C21H26N4O2/c1-15-8-10-25(11-9-15)21(27)17-12-16(13-22-14-17)20(26)23-18-4-6-19(7-5-18)24(2)3/h4-7,12-15H,8-11H2,1-3H3,(H,23,26). The number of carbonyl (C=O) groups excluding carboxylic acids is 2. The van der Waals surface area contributed by atoms with Gasteiger partial charge in [0.25, 0.3) is 11.8 Å². The van der Waals surface area contributed by atoms with E-state index in [9.17, 15) is 9.59 Å². The molecule has 0 bridgehead atoms. The van der Waals surface area contributed by atoms with Crippen molar-refractivity contribution in [3.05, 3.63) is 53.9 Å². The predicted molar refractivity (Wildman–Crippen MR) is 107 cm³/mol. The zero-order chi connectivity index (χ0) is 19.4. The number of anilines is 2. The Bertz CT molecular complexity index is 809. The summed E-state index contributed by atoms with van der Waals surface area (Å²) in [6, 6.07) is 9.20. The van der Waals surface area contributed by atoms with Gasteiger partial charge in [0, 0.05) is 51.0 Å². The second-order valence-electron chi connectivity index (χ2n) is 7.33. The van der Waals surface area contributed by atoms with Crippen LogP contribution in [0.3, 0.4) is 0 Å². The second kappa shape index (κ2) is 8.20. The Kier molecular flexibility index (Phi) is 5.74. The predicted octanol–water partition coefficient (Wildman–Crippen LogP) is 3.27. The number of likely N-dealkylation sites (tertiary alicyclic amines) is 1. The van der Waals surface area contributed by atoms with Crippen LogP contribution in [0, 0.1) is 5.92 Å². The van der Waals surface area contributed by atoms with Crippen molar-refractivity contribution >= 4 is 23.2 Å². The number of rotatable bonds is 4. The molecule has 1 aliphatic heterocycles. The van der Waals surface area contributed by atoms with Gasteiger partial charge in [-0.3, -0.25) is 14.6 Å². The number of amides is 2. The van der Waals surface area contributed by atoms with Crippen molar-refractivity contribution in [2.75, 3.05) is 37.4 Å². The monoisotopic (exact) mass is 366 g/mol. The maximum Gasteiger partial charge on any atom is 0.257 e. The van der Waals surface area contributed by atoms with Crippen molar-refractivity contribution < 1.29 is 9.59 Å². The van der Waals surface area contributed by atoms with Gasteiger partial charge in [-0.15, -0.1) is 0 Å². The summed E-state index contributed by atoms with van der Waals surface area (Å²) in [6.45, 7) is 3.72. The molecule has 0 atom stereocenters. The number of hydrogen-bond acceptors (Lipinski definition) is 4. The number of aromatic nitrogens is 1. The number of piperidine rings is 1. The molecule has 6 heteroatoms. The fourth-order valence-corrected chi connectivity index (χ4v) is 3.12. The fraction of sp³-hybridized carbons (Fsp3) is 0.381. The molecule has 27 heavy (non-hydrogen) atoms. The first-order chi connectivity index (χ1) is 12.9. The second-order valence-corrected chi connectivity index (χ2v) is 7.33. The summed E-state index contributed by atoms with van der Waals surface area (Å²) >= 11 is 0. The largest absolute Gasteiger partial charge is 0.378 e. The maximum atomic E-state index is 12.7. The van der Waals surface area contributed by atoms with E-state index < -0.39 is 0 Å². The molecule has 0 aliphatic carbocycles. The lowest BCUT2D eigenvalue weighted by molar-refractivity contribution is 0.0697. The van der Waals surface area contributed by atoms with Crippen LogP contribution in [0.2, 0.25) is 0 Å². The first-order valence-corrected chi connectivity index (χ1v) is 9.27. The average molecular weight is 366 g/mol. The number of carbonyl (C=O) groups is 2.